The van der Waals surface area contributed by atoms with Gasteiger partial charge in [0.15, 0.2) is 0 Å². The number of carbonyl (C=O) groups is 1. The van der Waals surface area contributed by atoms with E-state index in [2.05, 4.69) is 10.3 Å². The van der Waals surface area contributed by atoms with Gasteiger partial charge in [0.05, 0.1) is 22.2 Å². The van der Waals surface area contributed by atoms with Crippen molar-refractivity contribution >= 4 is 28.2 Å². The first-order valence-corrected chi connectivity index (χ1v) is 9.10. The van der Waals surface area contributed by atoms with E-state index in [1.807, 2.05) is 42.5 Å². The Hall–Kier alpha value is -4.33. The van der Waals surface area contributed by atoms with Gasteiger partial charge in [-0.05, 0) is 29.3 Å². The second kappa shape index (κ2) is 7.96. The number of nitrogens with one attached hydrogen (secondary N) is 1. The van der Waals surface area contributed by atoms with Crippen LogP contribution in [-0.4, -0.2) is 20.4 Å². The van der Waals surface area contributed by atoms with Crippen LogP contribution in [0.15, 0.2) is 83.9 Å². The first-order valence-electron chi connectivity index (χ1n) is 9.10. The Morgan fingerprint density at radius 1 is 1.00 bits per heavy atom. The van der Waals surface area contributed by atoms with Gasteiger partial charge in [-0.15, -0.1) is 0 Å². The number of nitrogens with zero attached hydrogens (tertiary/aromatic N) is 3. The summed E-state index contributed by atoms with van der Waals surface area (Å²) in [7, 11) is 0. The molecule has 0 aliphatic rings. The monoisotopic (exact) mass is 400 g/mol. The van der Waals surface area contributed by atoms with E-state index < -0.39 is 10.5 Å². The molecule has 8 heteroatoms. The Kier molecular flexibility index (Phi) is 5.04. The van der Waals surface area contributed by atoms with Crippen molar-refractivity contribution in [2.75, 3.05) is 5.32 Å². The highest BCUT2D eigenvalue weighted by atomic mass is 16.6. The lowest BCUT2D eigenvalue weighted by molar-refractivity contribution is -0.384. The van der Waals surface area contributed by atoms with Crippen molar-refractivity contribution in [3.8, 4) is 11.1 Å². The molecule has 0 saturated heterocycles. The molecule has 4 aromatic rings. The standard InChI is InChI=1S/C22H16N4O4/c27-21(24-17-8-6-16(7-9-17)15-4-2-1-3-5-15)13-25-14-23-20-12-18(26(29)30)10-11-19(20)22(25)28/h1-12,14H,13H2,(H,24,27). The third-order valence-corrected chi connectivity index (χ3v) is 4.61. The average Bonchev–Trinajstić information content (AvgIpc) is 2.76. The van der Waals surface area contributed by atoms with Gasteiger partial charge in [-0.25, -0.2) is 4.98 Å². The van der Waals surface area contributed by atoms with Gasteiger partial charge in [-0.1, -0.05) is 42.5 Å². The Bertz CT molecular complexity index is 1300. The van der Waals surface area contributed by atoms with Crippen LogP contribution in [0, 0.1) is 10.1 Å². The molecule has 1 amide bonds. The van der Waals surface area contributed by atoms with Crippen LogP contribution >= 0.6 is 0 Å². The van der Waals surface area contributed by atoms with Crippen molar-refractivity contribution in [2.24, 2.45) is 0 Å². The minimum Gasteiger partial charge on any atom is -0.325 e. The van der Waals surface area contributed by atoms with Gasteiger partial charge in [0.2, 0.25) is 5.91 Å². The Labute approximate surface area is 170 Å². The fourth-order valence-corrected chi connectivity index (χ4v) is 3.10. The first-order chi connectivity index (χ1) is 14.5. The van der Waals surface area contributed by atoms with Gasteiger partial charge < -0.3 is 5.32 Å². The van der Waals surface area contributed by atoms with E-state index in [9.17, 15) is 19.7 Å². The van der Waals surface area contributed by atoms with Crippen molar-refractivity contribution in [1.82, 2.24) is 9.55 Å². The topological polar surface area (TPSA) is 107 Å². The number of hydrogen-bond donors (Lipinski definition) is 1. The summed E-state index contributed by atoms with van der Waals surface area (Å²) in [5.41, 5.74) is 2.33. The smallest absolute Gasteiger partial charge is 0.271 e. The van der Waals surface area contributed by atoms with Gasteiger partial charge in [-0.2, -0.15) is 0 Å². The lowest BCUT2D eigenvalue weighted by Gasteiger charge is -2.09. The molecule has 0 atom stereocenters. The molecule has 3 aromatic carbocycles. The molecule has 8 nitrogen and oxygen atoms in total. The molecule has 0 spiro atoms. The Balaban J connectivity index is 1.49. The lowest BCUT2D eigenvalue weighted by Crippen LogP contribution is -2.27. The number of aromatic nitrogens is 2. The van der Waals surface area contributed by atoms with Crippen LogP contribution in [0.25, 0.3) is 22.0 Å². The van der Waals surface area contributed by atoms with Crippen LogP contribution in [0.1, 0.15) is 0 Å². The van der Waals surface area contributed by atoms with Crippen LogP contribution in [0.5, 0.6) is 0 Å². The number of nitro groups is 1. The summed E-state index contributed by atoms with van der Waals surface area (Å²) in [4.78, 5) is 39.3. The highest BCUT2D eigenvalue weighted by molar-refractivity contribution is 5.91. The van der Waals surface area contributed by atoms with E-state index in [0.717, 1.165) is 11.1 Å². The molecule has 0 unspecified atom stereocenters. The van der Waals surface area contributed by atoms with E-state index >= 15 is 0 Å². The van der Waals surface area contributed by atoms with Gasteiger partial charge in [0.1, 0.15) is 6.54 Å². The summed E-state index contributed by atoms with van der Waals surface area (Å²) < 4.78 is 1.17. The highest BCUT2D eigenvalue weighted by Crippen LogP contribution is 2.21. The van der Waals surface area contributed by atoms with Crippen molar-refractivity contribution < 1.29 is 9.72 Å². The summed E-state index contributed by atoms with van der Waals surface area (Å²) in [5.74, 6) is -0.382. The molecule has 1 N–H and O–H groups in total. The van der Waals surface area contributed by atoms with E-state index in [0.29, 0.717) is 5.69 Å². The molecule has 0 aliphatic heterocycles. The summed E-state index contributed by atoms with van der Waals surface area (Å²) in [5, 5.41) is 13.8. The van der Waals surface area contributed by atoms with Crippen LogP contribution in [0.2, 0.25) is 0 Å². The minimum absolute atomic E-state index is 0.149. The Morgan fingerprint density at radius 3 is 2.40 bits per heavy atom. The average molecular weight is 400 g/mol. The highest BCUT2D eigenvalue weighted by Gasteiger charge is 2.12. The number of non-ortho nitro benzene ring substituents is 1. The molecule has 1 heterocycles. The van der Waals surface area contributed by atoms with Gasteiger partial charge in [0.25, 0.3) is 11.2 Å². The lowest BCUT2D eigenvalue weighted by atomic mass is 10.1. The van der Waals surface area contributed by atoms with Crippen molar-refractivity contribution in [3.63, 3.8) is 0 Å². The number of nitro benzene ring substituents is 1. The van der Waals surface area contributed by atoms with Gasteiger partial charge in [-0.3, -0.25) is 24.3 Å². The number of benzene rings is 3. The largest absolute Gasteiger partial charge is 0.325 e. The number of carbonyl (C=O) groups excluding carboxylic acids is 1. The predicted molar refractivity (Wildman–Crippen MR) is 113 cm³/mol. The van der Waals surface area contributed by atoms with Crippen LogP contribution in [-0.2, 0) is 11.3 Å². The van der Waals surface area contributed by atoms with Crippen LogP contribution in [0.4, 0.5) is 11.4 Å². The zero-order valence-electron chi connectivity index (χ0n) is 15.7. The van der Waals surface area contributed by atoms with E-state index in [-0.39, 0.29) is 29.0 Å². The molecule has 30 heavy (non-hydrogen) atoms. The van der Waals surface area contributed by atoms with Crippen molar-refractivity contribution in [2.45, 2.75) is 6.54 Å². The molecule has 0 radical (unpaired) electrons. The number of rotatable bonds is 5. The van der Waals surface area contributed by atoms with Crippen LogP contribution in [0.3, 0.4) is 0 Å². The maximum atomic E-state index is 12.6. The molecular formula is C22H16N4O4. The molecule has 0 aliphatic carbocycles. The zero-order chi connectivity index (χ0) is 21.1. The quantitative estimate of drug-likeness (QED) is 0.407. The van der Waals surface area contributed by atoms with Crippen molar-refractivity contribution in [3.05, 3.63) is 99.6 Å². The fourth-order valence-electron chi connectivity index (χ4n) is 3.10. The number of amides is 1. The normalized spacial score (nSPS) is 10.7. The fraction of sp³-hybridized carbons (Fsp3) is 0.0455. The molecule has 0 saturated carbocycles. The second-order valence-electron chi connectivity index (χ2n) is 6.63. The van der Waals surface area contributed by atoms with Crippen LogP contribution < -0.4 is 10.9 Å². The zero-order valence-corrected chi connectivity index (χ0v) is 15.7. The van der Waals surface area contributed by atoms with E-state index in [1.165, 1.54) is 29.1 Å². The molecule has 0 fully saturated rings. The third-order valence-electron chi connectivity index (χ3n) is 4.61. The molecule has 1 aromatic heterocycles. The number of anilines is 1. The Morgan fingerprint density at radius 2 is 1.70 bits per heavy atom. The van der Waals surface area contributed by atoms with E-state index in [4.69, 9.17) is 0 Å². The maximum absolute atomic E-state index is 12.6. The number of hydrogen-bond acceptors (Lipinski definition) is 5. The molecule has 0 bridgehead atoms. The van der Waals surface area contributed by atoms with Gasteiger partial charge in [0, 0.05) is 17.8 Å². The number of fused-ring (bicyclic) bond motifs is 1. The van der Waals surface area contributed by atoms with E-state index in [1.54, 1.807) is 12.1 Å². The summed E-state index contributed by atoms with van der Waals surface area (Å²) in [6.07, 6.45) is 1.21. The third kappa shape index (κ3) is 3.93. The SMILES string of the molecule is O=C(Cn1cnc2cc([N+](=O)[O-])ccc2c1=O)Nc1ccc(-c2ccccc2)cc1. The summed E-state index contributed by atoms with van der Waals surface area (Å²) in [6, 6.07) is 21.1. The van der Waals surface area contributed by atoms with Crippen molar-refractivity contribution in [1.29, 1.82) is 0 Å². The molecular weight excluding hydrogens is 384 g/mol. The van der Waals surface area contributed by atoms with Gasteiger partial charge >= 0.3 is 0 Å². The minimum atomic E-state index is -0.552. The molecule has 148 valence electrons. The maximum Gasteiger partial charge on any atom is 0.271 e. The second-order valence-corrected chi connectivity index (χ2v) is 6.63. The summed E-state index contributed by atoms with van der Waals surface area (Å²) in [6.45, 7) is -0.223. The summed E-state index contributed by atoms with van der Waals surface area (Å²) >= 11 is 0. The predicted octanol–water partition coefficient (Wildman–Crippen LogP) is 3.61. The first kappa shape index (κ1) is 19.0. The molecule has 4 rings (SSSR count).